The molecule has 3 aromatic rings. The second-order valence-electron chi connectivity index (χ2n) is 6.88. The number of hydrogen-bond acceptors (Lipinski definition) is 6. The van der Waals surface area contributed by atoms with Gasteiger partial charge < -0.3 is 9.64 Å². The van der Waals surface area contributed by atoms with Crippen molar-refractivity contribution in [3.8, 4) is 11.4 Å². The van der Waals surface area contributed by atoms with Crippen molar-refractivity contribution >= 4 is 33.1 Å². The first kappa shape index (κ1) is 20.6. The van der Waals surface area contributed by atoms with Crippen LogP contribution in [0.2, 0.25) is 5.15 Å². The van der Waals surface area contributed by atoms with Gasteiger partial charge in [-0.1, -0.05) is 29.8 Å². The minimum atomic E-state index is -3.65. The first-order chi connectivity index (χ1) is 14.4. The van der Waals surface area contributed by atoms with E-state index in [-0.39, 0.29) is 4.90 Å². The van der Waals surface area contributed by atoms with E-state index in [9.17, 15) is 8.42 Å². The summed E-state index contributed by atoms with van der Waals surface area (Å²) in [5.74, 6) is 1.28. The number of anilines is 2. The van der Waals surface area contributed by atoms with Crippen LogP contribution in [0, 0.1) is 6.92 Å². The quantitative estimate of drug-likeness (QED) is 0.603. The fourth-order valence-corrected chi connectivity index (χ4v) is 4.44. The molecule has 2 heterocycles. The molecule has 7 nitrogen and oxygen atoms in total. The molecule has 0 atom stereocenters. The van der Waals surface area contributed by atoms with Crippen molar-refractivity contribution in [3.05, 3.63) is 65.3 Å². The number of ether oxygens (including phenoxy) is 1. The molecule has 0 aliphatic carbocycles. The molecule has 30 heavy (non-hydrogen) atoms. The van der Waals surface area contributed by atoms with Gasteiger partial charge in [0.15, 0.2) is 5.82 Å². The minimum absolute atomic E-state index is 0.206. The number of sulfonamides is 1. The van der Waals surface area contributed by atoms with Gasteiger partial charge in [0.05, 0.1) is 18.1 Å². The summed E-state index contributed by atoms with van der Waals surface area (Å²) in [6, 6.07) is 15.1. The first-order valence-electron chi connectivity index (χ1n) is 9.49. The molecule has 156 valence electrons. The Hall–Kier alpha value is -2.68. The third kappa shape index (κ3) is 4.40. The van der Waals surface area contributed by atoms with Crippen molar-refractivity contribution < 1.29 is 13.2 Å². The summed E-state index contributed by atoms with van der Waals surface area (Å²) in [5, 5.41) is 0.398. The monoisotopic (exact) mass is 444 g/mol. The topological polar surface area (TPSA) is 84.4 Å². The Bertz CT molecular complexity index is 1130. The number of rotatable bonds is 5. The molecule has 0 amide bonds. The zero-order valence-corrected chi connectivity index (χ0v) is 17.9. The summed E-state index contributed by atoms with van der Waals surface area (Å²) in [6.07, 6.45) is 0. The van der Waals surface area contributed by atoms with E-state index in [1.165, 1.54) is 0 Å². The van der Waals surface area contributed by atoms with Crippen molar-refractivity contribution in [1.82, 2.24) is 9.97 Å². The van der Waals surface area contributed by atoms with Gasteiger partial charge >= 0.3 is 0 Å². The lowest BCUT2D eigenvalue weighted by atomic mass is 10.2. The summed E-state index contributed by atoms with van der Waals surface area (Å²) in [6.45, 7) is 4.68. The second-order valence-corrected chi connectivity index (χ2v) is 8.92. The first-order valence-corrected chi connectivity index (χ1v) is 11.4. The summed E-state index contributed by atoms with van der Waals surface area (Å²) in [5.41, 5.74) is 2.03. The van der Waals surface area contributed by atoms with Crippen LogP contribution >= 0.6 is 11.6 Å². The summed E-state index contributed by atoms with van der Waals surface area (Å²) >= 11 is 6.37. The molecule has 1 fully saturated rings. The predicted molar refractivity (Wildman–Crippen MR) is 117 cm³/mol. The van der Waals surface area contributed by atoms with Gasteiger partial charge in [-0.2, -0.15) is 0 Å². The third-order valence-corrected chi connectivity index (χ3v) is 6.59. The molecule has 1 aliphatic rings. The van der Waals surface area contributed by atoms with Crippen molar-refractivity contribution in [2.45, 2.75) is 11.8 Å². The number of hydrogen-bond donors (Lipinski definition) is 1. The zero-order valence-electron chi connectivity index (χ0n) is 16.4. The second kappa shape index (κ2) is 8.59. The number of nitrogens with zero attached hydrogens (tertiary/aromatic N) is 3. The van der Waals surface area contributed by atoms with E-state index >= 15 is 0 Å². The fraction of sp³-hybridized carbons (Fsp3) is 0.238. The van der Waals surface area contributed by atoms with Crippen molar-refractivity contribution in [3.63, 3.8) is 0 Å². The molecule has 1 N–H and O–H groups in total. The molecule has 1 aliphatic heterocycles. The van der Waals surface area contributed by atoms with Crippen LogP contribution in [0.5, 0.6) is 0 Å². The van der Waals surface area contributed by atoms with Gasteiger partial charge in [-0.3, -0.25) is 4.72 Å². The Kier molecular flexibility index (Phi) is 5.90. The molecule has 0 spiro atoms. The highest BCUT2D eigenvalue weighted by molar-refractivity contribution is 7.92. The van der Waals surface area contributed by atoms with Crippen molar-refractivity contribution in [2.24, 2.45) is 0 Å². The molecule has 0 radical (unpaired) electrons. The van der Waals surface area contributed by atoms with Gasteiger partial charge in [0.1, 0.15) is 11.0 Å². The van der Waals surface area contributed by atoms with Gasteiger partial charge in [-0.05, 0) is 43.3 Å². The SMILES string of the molecule is Cc1c(Cl)nc(-c2ccc(NS(=O)(=O)c3ccccc3)cc2)nc1N1CCOCC1. The maximum atomic E-state index is 12.5. The van der Waals surface area contributed by atoms with E-state index in [0.29, 0.717) is 29.9 Å². The predicted octanol–water partition coefficient (Wildman–Crippen LogP) is 3.74. The van der Waals surface area contributed by atoms with Crippen LogP contribution in [-0.4, -0.2) is 44.7 Å². The van der Waals surface area contributed by atoms with Crippen LogP contribution in [-0.2, 0) is 14.8 Å². The highest BCUT2D eigenvalue weighted by atomic mass is 35.5. The molecule has 0 saturated carbocycles. The van der Waals surface area contributed by atoms with Crippen LogP contribution < -0.4 is 9.62 Å². The molecular weight excluding hydrogens is 424 g/mol. The largest absolute Gasteiger partial charge is 0.378 e. The van der Waals surface area contributed by atoms with E-state index in [4.69, 9.17) is 21.3 Å². The van der Waals surface area contributed by atoms with E-state index in [0.717, 1.165) is 30.0 Å². The fourth-order valence-electron chi connectivity index (χ4n) is 3.19. The summed E-state index contributed by atoms with van der Waals surface area (Å²) in [4.78, 5) is 11.5. The van der Waals surface area contributed by atoms with Gasteiger partial charge in [-0.25, -0.2) is 18.4 Å². The smallest absolute Gasteiger partial charge is 0.261 e. The van der Waals surface area contributed by atoms with Gasteiger partial charge in [-0.15, -0.1) is 0 Å². The van der Waals surface area contributed by atoms with Crippen LogP contribution in [0.1, 0.15) is 5.56 Å². The molecule has 1 saturated heterocycles. The maximum Gasteiger partial charge on any atom is 0.261 e. The summed E-state index contributed by atoms with van der Waals surface area (Å²) in [7, 11) is -3.65. The molecule has 9 heteroatoms. The third-order valence-electron chi connectivity index (χ3n) is 4.82. The Balaban J connectivity index is 1.59. The molecule has 0 bridgehead atoms. The van der Waals surface area contributed by atoms with Crippen LogP contribution in [0.25, 0.3) is 11.4 Å². The Morgan fingerprint density at radius 3 is 2.33 bits per heavy atom. The average molecular weight is 445 g/mol. The number of benzene rings is 2. The lowest BCUT2D eigenvalue weighted by Gasteiger charge is -2.29. The average Bonchev–Trinajstić information content (AvgIpc) is 2.77. The number of aromatic nitrogens is 2. The maximum absolute atomic E-state index is 12.5. The minimum Gasteiger partial charge on any atom is -0.378 e. The standard InChI is InChI=1S/C21H21ClN4O3S/c1-15-19(22)23-20(24-21(15)26-11-13-29-14-12-26)16-7-9-17(10-8-16)25-30(27,28)18-5-3-2-4-6-18/h2-10,25H,11-14H2,1H3. The van der Waals surface area contributed by atoms with Crippen LogP contribution in [0.3, 0.4) is 0 Å². The van der Waals surface area contributed by atoms with E-state index in [1.54, 1.807) is 54.6 Å². The van der Waals surface area contributed by atoms with Gasteiger partial charge in [0.25, 0.3) is 10.0 Å². The van der Waals surface area contributed by atoms with Crippen molar-refractivity contribution in [1.29, 1.82) is 0 Å². The van der Waals surface area contributed by atoms with E-state index in [2.05, 4.69) is 14.6 Å². The normalized spacial score (nSPS) is 14.5. The molecule has 2 aromatic carbocycles. The van der Waals surface area contributed by atoms with Gasteiger partial charge in [0, 0.05) is 29.9 Å². The highest BCUT2D eigenvalue weighted by Gasteiger charge is 2.19. The van der Waals surface area contributed by atoms with E-state index in [1.807, 2.05) is 6.92 Å². The Morgan fingerprint density at radius 1 is 1.00 bits per heavy atom. The number of nitrogens with one attached hydrogen (secondary N) is 1. The molecule has 1 aromatic heterocycles. The lowest BCUT2D eigenvalue weighted by Crippen LogP contribution is -2.37. The van der Waals surface area contributed by atoms with Gasteiger partial charge in [0.2, 0.25) is 0 Å². The van der Waals surface area contributed by atoms with Crippen LogP contribution in [0.15, 0.2) is 59.5 Å². The lowest BCUT2D eigenvalue weighted by molar-refractivity contribution is 0.122. The number of morpholine rings is 1. The Labute approximate surface area is 180 Å². The zero-order chi connectivity index (χ0) is 21.1. The highest BCUT2D eigenvalue weighted by Crippen LogP contribution is 2.29. The Morgan fingerprint density at radius 2 is 1.67 bits per heavy atom. The molecule has 4 rings (SSSR count). The van der Waals surface area contributed by atoms with E-state index < -0.39 is 10.0 Å². The number of halogens is 1. The molecular formula is C21H21ClN4O3S. The summed E-state index contributed by atoms with van der Waals surface area (Å²) < 4.78 is 33.0. The molecule has 0 unspecified atom stereocenters. The van der Waals surface area contributed by atoms with Crippen LogP contribution in [0.4, 0.5) is 11.5 Å². The van der Waals surface area contributed by atoms with Crippen molar-refractivity contribution in [2.75, 3.05) is 35.9 Å².